The summed E-state index contributed by atoms with van der Waals surface area (Å²) in [7, 11) is 0. The lowest BCUT2D eigenvalue weighted by atomic mass is 10.5. The number of aromatic nitrogens is 1. The van der Waals surface area contributed by atoms with E-state index in [4.69, 9.17) is 0 Å². The quantitative estimate of drug-likeness (QED) is 0.730. The Labute approximate surface area is 95.8 Å². The summed E-state index contributed by atoms with van der Waals surface area (Å²) in [5, 5.41) is 4.08. The van der Waals surface area contributed by atoms with Gasteiger partial charge in [0.15, 0.2) is 0 Å². The molecular formula is C9H17N3S2. The SMILES string of the molecule is N.N.S.c1ccncc1.c1ccsc1. The lowest BCUT2D eigenvalue weighted by molar-refractivity contribution is 1.33. The largest absolute Gasteiger partial charge is 0.344 e. The molecule has 0 saturated carbocycles. The minimum absolute atomic E-state index is 0. The van der Waals surface area contributed by atoms with Gasteiger partial charge in [-0.2, -0.15) is 24.8 Å². The van der Waals surface area contributed by atoms with Crippen LogP contribution in [0, 0.1) is 0 Å². The maximum atomic E-state index is 3.78. The van der Waals surface area contributed by atoms with Crippen molar-refractivity contribution in [3.63, 3.8) is 0 Å². The maximum absolute atomic E-state index is 3.78. The maximum Gasteiger partial charge on any atom is 0.0267 e. The monoisotopic (exact) mass is 231 g/mol. The molecule has 0 fully saturated rings. The predicted octanol–water partition coefficient (Wildman–Crippen LogP) is 3.27. The van der Waals surface area contributed by atoms with Crippen molar-refractivity contribution in [2.45, 2.75) is 0 Å². The minimum atomic E-state index is 0. The summed E-state index contributed by atoms with van der Waals surface area (Å²) >= 11 is 1.71. The Kier molecular flexibility index (Phi) is 19.7. The molecule has 0 spiro atoms. The first-order valence-electron chi connectivity index (χ1n) is 3.32. The van der Waals surface area contributed by atoms with E-state index in [2.05, 4.69) is 4.98 Å². The Hall–Kier alpha value is -0.880. The van der Waals surface area contributed by atoms with E-state index in [1.165, 1.54) is 0 Å². The van der Waals surface area contributed by atoms with Crippen molar-refractivity contribution < 1.29 is 0 Å². The van der Waals surface area contributed by atoms with Crippen LogP contribution < -0.4 is 12.3 Å². The molecule has 2 heterocycles. The van der Waals surface area contributed by atoms with Crippen LogP contribution in [0.5, 0.6) is 0 Å². The molecule has 0 atom stereocenters. The summed E-state index contributed by atoms with van der Waals surface area (Å²) in [5.41, 5.74) is 0. The molecule has 5 heteroatoms. The van der Waals surface area contributed by atoms with Crippen molar-refractivity contribution in [2.75, 3.05) is 0 Å². The topological polar surface area (TPSA) is 82.9 Å². The van der Waals surface area contributed by atoms with Crippen LogP contribution in [0.4, 0.5) is 0 Å². The fourth-order valence-corrected chi connectivity index (χ4v) is 0.993. The molecule has 0 aliphatic rings. The lowest BCUT2D eigenvalue weighted by Crippen LogP contribution is -1.58. The van der Waals surface area contributed by atoms with Gasteiger partial charge in [-0.15, -0.1) is 0 Å². The second kappa shape index (κ2) is 14.6. The van der Waals surface area contributed by atoms with Gasteiger partial charge in [-0.1, -0.05) is 18.2 Å². The van der Waals surface area contributed by atoms with Gasteiger partial charge in [0.2, 0.25) is 0 Å². The van der Waals surface area contributed by atoms with Crippen LogP contribution in [0.15, 0.2) is 53.5 Å². The average Bonchev–Trinajstić information content (AvgIpc) is 2.64. The van der Waals surface area contributed by atoms with Crippen LogP contribution >= 0.6 is 24.8 Å². The molecule has 80 valence electrons. The zero-order valence-electron chi connectivity index (χ0n) is 7.97. The van der Waals surface area contributed by atoms with Crippen LogP contribution in [-0.2, 0) is 0 Å². The summed E-state index contributed by atoms with van der Waals surface area (Å²) in [6.45, 7) is 0. The van der Waals surface area contributed by atoms with Crippen molar-refractivity contribution in [3.8, 4) is 0 Å². The highest BCUT2D eigenvalue weighted by atomic mass is 32.1. The molecule has 3 nitrogen and oxygen atoms in total. The Morgan fingerprint density at radius 2 is 1.21 bits per heavy atom. The van der Waals surface area contributed by atoms with Crippen molar-refractivity contribution in [1.82, 2.24) is 17.3 Å². The molecule has 2 rings (SSSR count). The van der Waals surface area contributed by atoms with Crippen LogP contribution in [-0.4, -0.2) is 4.98 Å². The van der Waals surface area contributed by atoms with Gasteiger partial charge in [-0.3, -0.25) is 4.98 Å². The fourth-order valence-electron chi connectivity index (χ4n) is 0.539. The summed E-state index contributed by atoms with van der Waals surface area (Å²) in [5.74, 6) is 0. The van der Waals surface area contributed by atoms with E-state index in [-0.39, 0.29) is 25.8 Å². The van der Waals surface area contributed by atoms with Gasteiger partial charge in [0, 0.05) is 12.4 Å². The molecule has 0 aliphatic carbocycles. The Bertz CT molecular complexity index is 204. The summed E-state index contributed by atoms with van der Waals surface area (Å²) in [6, 6.07) is 9.75. The van der Waals surface area contributed by atoms with Crippen LogP contribution in [0.3, 0.4) is 0 Å². The molecule has 0 bridgehead atoms. The molecule has 0 aromatic carbocycles. The van der Waals surface area contributed by atoms with E-state index in [9.17, 15) is 0 Å². The van der Waals surface area contributed by atoms with Gasteiger partial charge >= 0.3 is 0 Å². The standard InChI is InChI=1S/C5H5N.C4H4S.2H3N.H2S/c1-2-4-6-5-3-1;1-2-4-5-3-1;;;/h1-5H;1-4H;2*1H3;1H2. The van der Waals surface area contributed by atoms with Gasteiger partial charge in [-0.05, 0) is 22.9 Å². The molecule has 6 N–H and O–H groups in total. The first-order valence-corrected chi connectivity index (χ1v) is 4.26. The average molecular weight is 231 g/mol. The second-order valence-corrected chi connectivity index (χ2v) is 2.63. The van der Waals surface area contributed by atoms with Crippen LogP contribution in [0.1, 0.15) is 0 Å². The molecule has 0 amide bonds. The number of thiophene rings is 1. The van der Waals surface area contributed by atoms with Crippen molar-refractivity contribution in [1.29, 1.82) is 0 Å². The Morgan fingerprint density at radius 1 is 0.714 bits per heavy atom. The van der Waals surface area contributed by atoms with Gasteiger partial charge in [-0.25, -0.2) is 0 Å². The zero-order valence-corrected chi connectivity index (χ0v) is 9.78. The van der Waals surface area contributed by atoms with Gasteiger partial charge < -0.3 is 12.3 Å². The number of nitrogens with zero attached hydrogens (tertiary/aromatic N) is 1. The van der Waals surface area contributed by atoms with E-state index in [0.717, 1.165) is 0 Å². The number of hydrogen-bond donors (Lipinski definition) is 2. The van der Waals surface area contributed by atoms with Gasteiger partial charge in [0.05, 0.1) is 0 Å². The molecule has 14 heavy (non-hydrogen) atoms. The summed E-state index contributed by atoms with van der Waals surface area (Å²) < 4.78 is 0. The van der Waals surface area contributed by atoms with Crippen molar-refractivity contribution in [3.05, 3.63) is 53.5 Å². The molecule has 0 saturated heterocycles. The third kappa shape index (κ3) is 11.1. The predicted molar refractivity (Wildman–Crippen MR) is 69.0 cm³/mol. The Balaban J connectivity index is -0.000000144. The van der Waals surface area contributed by atoms with Crippen molar-refractivity contribution >= 4 is 24.8 Å². The first-order chi connectivity index (χ1) is 5.50. The molecule has 2 aromatic rings. The first kappa shape index (κ1) is 18.8. The third-order valence-electron chi connectivity index (χ3n) is 0.992. The van der Waals surface area contributed by atoms with Gasteiger partial charge in [0.25, 0.3) is 0 Å². The highest BCUT2D eigenvalue weighted by Gasteiger charge is 1.59. The molecule has 0 aliphatic heterocycles. The lowest BCUT2D eigenvalue weighted by Gasteiger charge is -1.70. The van der Waals surface area contributed by atoms with Gasteiger partial charge in [0.1, 0.15) is 0 Å². The molecule has 2 aromatic heterocycles. The minimum Gasteiger partial charge on any atom is -0.344 e. The van der Waals surface area contributed by atoms with E-state index in [1.54, 1.807) is 23.7 Å². The number of hydrogen-bond acceptors (Lipinski definition) is 4. The highest BCUT2D eigenvalue weighted by Crippen LogP contribution is 1.91. The fraction of sp³-hybridized carbons (Fsp3) is 0. The highest BCUT2D eigenvalue weighted by molar-refractivity contribution is 7.59. The van der Waals surface area contributed by atoms with Crippen LogP contribution in [0.25, 0.3) is 0 Å². The molecule has 0 radical (unpaired) electrons. The smallest absolute Gasteiger partial charge is 0.0267 e. The summed E-state index contributed by atoms with van der Waals surface area (Å²) in [4.78, 5) is 3.78. The number of rotatable bonds is 0. The van der Waals surface area contributed by atoms with Crippen LogP contribution in [0.2, 0.25) is 0 Å². The van der Waals surface area contributed by atoms with Crippen molar-refractivity contribution in [2.24, 2.45) is 0 Å². The van der Waals surface area contributed by atoms with E-state index >= 15 is 0 Å². The third-order valence-corrected chi connectivity index (χ3v) is 1.62. The normalized spacial score (nSPS) is 6.29. The molecule has 0 unspecified atom stereocenters. The van der Waals surface area contributed by atoms with E-state index < -0.39 is 0 Å². The molecular weight excluding hydrogens is 214 g/mol. The Morgan fingerprint density at radius 3 is 1.36 bits per heavy atom. The van der Waals surface area contributed by atoms with E-state index in [1.807, 2.05) is 41.1 Å². The number of pyridine rings is 1. The zero-order chi connectivity index (χ0) is 7.78. The second-order valence-electron chi connectivity index (χ2n) is 1.82. The summed E-state index contributed by atoms with van der Waals surface area (Å²) in [6.07, 6.45) is 3.50. The van der Waals surface area contributed by atoms with E-state index in [0.29, 0.717) is 0 Å².